The van der Waals surface area contributed by atoms with Crippen LogP contribution in [-0.4, -0.2) is 4.98 Å². The highest BCUT2D eigenvalue weighted by atomic mass is 19.1. The lowest BCUT2D eigenvalue weighted by molar-refractivity contribution is 0.338. The van der Waals surface area contributed by atoms with Crippen molar-refractivity contribution in [3.8, 4) is 5.75 Å². The van der Waals surface area contributed by atoms with Gasteiger partial charge < -0.3 is 4.84 Å². The van der Waals surface area contributed by atoms with Gasteiger partial charge in [0.05, 0.1) is 5.52 Å². The highest BCUT2D eigenvalue weighted by Crippen LogP contribution is 2.23. The predicted octanol–water partition coefficient (Wildman–Crippen LogP) is 1.63. The van der Waals surface area contributed by atoms with E-state index in [-0.39, 0.29) is 5.82 Å². The summed E-state index contributed by atoms with van der Waals surface area (Å²) in [7, 11) is 0. The van der Waals surface area contributed by atoms with Gasteiger partial charge in [0, 0.05) is 17.6 Å². The molecule has 2 rings (SSSR count). The molecule has 0 fully saturated rings. The van der Waals surface area contributed by atoms with Gasteiger partial charge in [0.2, 0.25) is 0 Å². The first-order valence-electron chi connectivity index (χ1n) is 3.72. The van der Waals surface area contributed by atoms with Gasteiger partial charge in [0.1, 0.15) is 5.82 Å². The third kappa shape index (κ3) is 1.31. The van der Waals surface area contributed by atoms with Crippen molar-refractivity contribution in [2.24, 2.45) is 5.90 Å². The molecule has 0 saturated carbocycles. The Labute approximate surface area is 73.9 Å². The molecule has 0 atom stereocenters. The first kappa shape index (κ1) is 7.94. The molecule has 4 heteroatoms. The smallest absolute Gasteiger partial charge is 0.157 e. The Hall–Kier alpha value is -1.68. The van der Waals surface area contributed by atoms with E-state index in [1.807, 2.05) is 0 Å². The van der Waals surface area contributed by atoms with Crippen LogP contribution < -0.4 is 10.7 Å². The second-order valence-corrected chi connectivity index (χ2v) is 2.59. The quantitative estimate of drug-likeness (QED) is 0.675. The zero-order valence-corrected chi connectivity index (χ0v) is 6.70. The van der Waals surface area contributed by atoms with Gasteiger partial charge in [0.25, 0.3) is 0 Å². The molecule has 1 aromatic carbocycles. The van der Waals surface area contributed by atoms with E-state index in [2.05, 4.69) is 9.82 Å². The molecule has 0 unspecified atom stereocenters. The van der Waals surface area contributed by atoms with Crippen LogP contribution >= 0.6 is 0 Å². The van der Waals surface area contributed by atoms with E-state index >= 15 is 0 Å². The summed E-state index contributed by atoms with van der Waals surface area (Å²) in [6, 6.07) is 5.84. The average Bonchev–Trinajstić information content (AvgIpc) is 2.17. The molecule has 0 radical (unpaired) electrons. The molecule has 0 amide bonds. The highest BCUT2D eigenvalue weighted by molar-refractivity contribution is 5.84. The summed E-state index contributed by atoms with van der Waals surface area (Å²) >= 11 is 0. The molecule has 2 N–H and O–H groups in total. The standard InChI is InChI=1S/C9H7FN2O/c10-6-1-2-8-7(5-6)9(13-11)3-4-12-8/h1-5H,11H2. The van der Waals surface area contributed by atoms with Gasteiger partial charge in [-0.05, 0) is 18.2 Å². The van der Waals surface area contributed by atoms with E-state index in [0.717, 1.165) is 0 Å². The highest BCUT2D eigenvalue weighted by Gasteiger charge is 2.02. The molecule has 1 heterocycles. The first-order chi connectivity index (χ1) is 6.31. The van der Waals surface area contributed by atoms with Crippen LogP contribution in [0.3, 0.4) is 0 Å². The minimum absolute atomic E-state index is 0.334. The normalized spacial score (nSPS) is 10.3. The monoisotopic (exact) mass is 178 g/mol. The van der Waals surface area contributed by atoms with Gasteiger partial charge in [-0.1, -0.05) is 0 Å². The molecular formula is C9H7FN2O. The Bertz CT molecular complexity index is 445. The van der Waals surface area contributed by atoms with E-state index in [9.17, 15) is 4.39 Å². The lowest BCUT2D eigenvalue weighted by Crippen LogP contribution is -2.02. The average molecular weight is 178 g/mol. The van der Waals surface area contributed by atoms with Crippen LogP contribution in [0.4, 0.5) is 4.39 Å². The maximum Gasteiger partial charge on any atom is 0.157 e. The van der Waals surface area contributed by atoms with Gasteiger partial charge in [-0.2, -0.15) is 5.90 Å². The lowest BCUT2D eigenvalue weighted by Gasteiger charge is -2.02. The maximum atomic E-state index is 12.8. The Kier molecular flexibility index (Phi) is 1.83. The van der Waals surface area contributed by atoms with E-state index in [1.165, 1.54) is 12.1 Å². The van der Waals surface area contributed by atoms with Crippen molar-refractivity contribution in [3.05, 3.63) is 36.3 Å². The molecule has 3 nitrogen and oxygen atoms in total. The zero-order chi connectivity index (χ0) is 9.26. The minimum atomic E-state index is -0.334. The number of nitrogens with two attached hydrogens (primary N) is 1. The first-order valence-corrected chi connectivity index (χ1v) is 3.72. The van der Waals surface area contributed by atoms with E-state index in [1.54, 1.807) is 18.3 Å². The second-order valence-electron chi connectivity index (χ2n) is 2.59. The van der Waals surface area contributed by atoms with Crippen molar-refractivity contribution in [1.29, 1.82) is 0 Å². The Morgan fingerprint density at radius 1 is 1.31 bits per heavy atom. The Morgan fingerprint density at radius 3 is 2.92 bits per heavy atom. The van der Waals surface area contributed by atoms with E-state index in [0.29, 0.717) is 16.7 Å². The Balaban J connectivity index is 2.79. The Morgan fingerprint density at radius 2 is 2.15 bits per heavy atom. The van der Waals surface area contributed by atoms with Crippen molar-refractivity contribution in [1.82, 2.24) is 4.98 Å². The predicted molar refractivity (Wildman–Crippen MR) is 46.5 cm³/mol. The third-order valence-electron chi connectivity index (χ3n) is 1.79. The molecule has 0 saturated heterocycles. The number of fused-ring (bicyclic) bond motifs is 1. The van der Waals surface area contributed by atoms with Gasteiger partial charge in [-0.3, -0.25) is 4.98 Å². The van der Waals surface area contributed by atoms with Crippen LogP contribution in [0.15, 0.2) is 30.5 Å². The van der Waals surface area contributed by atoms with Gasteiger partial charge in [-0.15, -0.1) is 0 Å². The summed E-state index contributed by atoms with van der Waals surface area (Å²) in [4.78, 5) is 8.60. The molecule has 0 aliphatic carbocycles. The lowest BCUT2D eigenvalue weighted by atomic mass is 10.2. The SMILES string of the molecule is NOc1ccnc2ccc(F)cc12. The van der Waals surface area contributed by atoms with Gasteiger partial charge in [-0.25, -0.2) is 4.39 Å². The fourth-order valence-corrected chi connectivity index (χ4v) is 1.20. The van der Waals surface area contributed by atoms with Crippen LogP contribution in [0, 0.1) is 5.82 Å². The number of benzene rings is 1. The summed E-state index contributed by atoms with van der Waals surface area (Å²) < 4.78 is 12.8. The number of hydrogen-bond acceptors (Lipinski definition) is 3. The second kappa shape index (κ2) is 2.99. The molecule has 0 aliphatic heterocycles. The minimum Gasteiger partial charge on any atom is -0.411 e. The van der Waals surface area contributed by atoms with Crippen molar-refractivity contribution >= 4 is 10.9 Å². The number of hydrogen-bond donors (Lipinski definition) is 1. The number of aromatic nitrogens is 1. The fourth-order valence-electron chi connectivity index (χ4n) is 1.20. The van der Waals surface area contributed by atoms with E-state index < -0.39 is 0 Å². The molecule has 0 bridgehead atoms. The summed E-state index contributed by atoms with van der Waals surface area (Å²) in [5, 5.41) is 0.574. The molecular weight excluding hydrogens is 171 g/mol. The van der Waals surface area contributed by atoms with Crippen molar-refractivity contribution in [3.63, 3.8) is 0 Å². The van der Waals surface area contributed by atoms with Gasteiger partial charge in [0.15, 0.2) is 5.75 Å². The van der Waals surface area contributed by atoms with Crippen LogP contribution in [0.5, 0.6) is 5.75 Å². The molecule has 0 aliphatic rings. The third-order valence-corrected chi connectivity index (χ3v) is 1.79. The van der Waals surface area contributed by atoms with Crippen LogP contribution in [-0.2, 0) is 0 Å². The number of rotatable bonds is 1. The number of halogens is 1. The number of pyridine rings is 1. The molecule has 0 spiro atoms. The summed E-state index contributed by atoms with van der Waals surface area (Å²) in [5.74, 6) is 5.10. The van der Waals surface area contributed by atoms with Crippen LogP contribution in [0.2, 0.25) is 0 Å². The zero-order valence-electron chi connectivity index (χ0n) is 6.70. The summed E-state index contributed by atoms with van der Waals surface area (Å²) in [6.07, 6.45) is 1.56. The number of nitrogens with zero attached hydrogens (tertiary/aromatic N) is 1. The van der Waals surface area contributed by atoms with Crippen molar-refractivity contribution in [2.45, 2.75) is 0 Å². The molecule has 66 valence electrons. The molecule has 1 aromatic heterocycles. The largest absolute Gasteiger partial charge is 0.411 e. The van der Waals surface area contributed by atoms with Crippen LogP contribution in [0.25, 0.3) is 10.9 Å². The summed E-state index contributed by atoms with van der Waals surface area (Å²) in [5.41, 5.74) is 0.657. The van der Waals surface area contributed by atoms with Crippen molar-refractivity contribution in [2.75, 3.05) is 0 Å². The molecule has 2 aromatic rings. The van der Waals surface area contributed by atoms with Crippen molar-refractivity contribution < 1.29 is 9.23 Å². The van der Waals surface area contributed by atoms with E-state index in [4.69, 9.17) is 5.90 Å². The fraction of sp³-hybridized carbons (Fsp3) is 0. The van der Waals surface area contributed by atoms with Crippen LogP contribution in [0.1, 0.15) is 0 Å². The summed E-state index contributed by atoms with van der Waals surface area (Å²) in [6.45, 7) is 0. The molecule has 13 heavy (non-hydrogen) atoms. The van der Waals surface area contributed by atoms with Gasteiger partial charge >= 0.3 is 0 Å². The topological polar surface area (TPSA) is 48.1 Å². The maximum absolute atomic E-state index is 12.8.